The molecule has 0 fully saturated rings. The van der Waals surface area contributed by atoms with Crippen LogP contribution in [-0.2, 0) is 13.0 Å². The number of halogens is 1. The maximum atomic E-state index is 11.8. The summed E-state index contributed by atoms with van der Waals surface area (Å²) in [5.41, 5.74) is 2.93. The topological polar surface area (TPSA) is 59.0 Å². The normalized spacial score (nSPS) is 26.6. The van der Waals surface area contributed by atoms with Gasteiger partial charge in [-0.2, -0.15) is 5.10 Å². The number of nitrogens with one attached hydrogen (secondary N) is 2. The number of nitrogens with zero attached hydrogens (tertiary/aromatic N) is 2. The van der Waals surface area contributed by atoms with Gasteiger partial charge in [-0.1, -0.05) is 0 Å². The number of fused-ring (bicyclic) bond motifs is 3. The molecule has 2 aliphatic heterocycles. The van der Waals surface area contributed by atoms with Gasteiger partial charge in [0.1, 0.15) is 5.69 Å². The van der Waals surface area contributed by atoms with E-state index in [1.54, 1.807) is 0 Å². The maximum Gasteiger partial charge on any atom is 0.269 e. The van der Waals surface area contributed by atoms with E-state index in [-0.39, 0.29) is 24.4 Å². The van der Waals surface area contributed by atoms with Crippen LogP contribution in [0, 0.1) is 0 Å². The molecule has 0 saturated carbocycles. The van der Waals surface area contributed by atoms with Crippen LogP contribution in [0.1, 0.15) is 41.6 Å². The van der Waals surface area contributed by atoms with E-state index in [1.807, 2.05) is 4.68 Å². The van der Waals surface area contributed by atoms with Crippen LogP contribution in [-0.4, -0.2) is 28.3 Å². The van der Waals surface area contributed by atoms with Crippen LogP contribution < -0.4 is 10.6 Å². The van der Waals surface area contributed by atoms with E-state index in [1.165, 1.54) is 0 Å². The summed E-state index contributed by atoms with van der Waals surface area (Å²) < 4.78 is 1.89. The lowest BCUT2D eigenvalue weighted by Gasteiger charge is -2.23. The molecule has 17 heavy (non-hydrogen) atoms. The van der Waals surface area contributed by atoms with Crippen molar-refractivity contribution in [3.8, 4) is 0 Å². The molecule has 2 N–H and O–H groups in total. The second-order valence-electron chi connectivity index (χ2n) is 4.76. The van der Waals surface area contributed by atoms with Crippen molar-refractivity contribution in [2.24, 2.45) is 0 Å². The average Bonchev–Trinajstić information content (AvgIpc) is 2.63. The minimum atomic E-state index is 0. The standard InChI is InChI=1S/C11H16N4O.ClH/c1-6-3-9-8(5-12-6)10-11(16)13-4-7(2)15(10)14-9;/h6-7,12H,3-5H2,1-2H3,(H,13,16);1H/t6-,7-;/m1./s1. The maximum absolute atomic E-state index is 11.8. The highest BCUT2D eigenvalue weighted by Crippen LogP contribution is 2.24. The van der Waals surface area contributed by atoms with Crippen molar-refractivity contribution in [3.63, 3.8) is 0 Å². The SMILES string of the molecule is C[C@@H]1Cc2nn3c(c2CN1)C(=O)NC[C@H]3C.Cl. The van der Waals surface area contributed by atoms with Gasteiger partial charge in [-0.25, -0.2) is 0 Å². The second-order valence-corrected chi connectivity index (χ2v) is 4.76. The van der Waals surface area contributed by atoms with Gasteiger partial charge in [-0.15, -0.1) is 12.4 Å². The molecule has 0 bridgehead atoms. The first-order chi connectivity index (χ1) is 7.66. The van der Waals surface area contributed by atoms with Crippen molar-refractivity contribution < 1.29 is 4.79 Å². The predicted octanol–water partition coefficient (Wildman–Crippen LogP) is 0.643. The van der Waals surface area contributed by atoms with Crippen LogP contribution in [0.2, 0.25) is 0 Å². The molecule has 0 spiro atoms. The van der Waals surface area contributed by atoms with Gasteiger partial charge in [0.25, 0.3) is 5.91 Å². The number of carbonyl (C=O) groups excluding carboxylic acids is 1. The van der Waals surface area contributed by atoms with Crippen molar-refractivity contribution in [3.05, 3.63) is 17.0 Å². The molecule has 1 aromatic rings. The Kier molecular flexibility index (Phi) is 3.14. The van der Waals surface area contributed by atoms with Crippen molar-refractivity contribution in [2.75, 3.05) is 6.54 Å². The summed E-state index contributed by atoms with van der Waals surface area (Å²) in [5.74, 6) is 0.0169. The fourth-order valence-electron chi connectivity index (χ4n) is 2.47. The Hall–Kier alpha value is -1.07. The molecule has 94 valence electrons. The van der Waals surface area contributed by atoms with Crippen molar-refractivity contribution >= 4 is 18.3 Å². The number of amides is 1. The van der Waals surface area contributed by atoms with Gasteiger partial charge in [-0.05, 0) is 13.8 Å². The van der Waals surface area contributed by atoms with Crippen molar-refractivity contribution in [1.82, 2.24) is 20.4 Å². The highest BCUT2D eigenvalue weighted by Gasteiger charge is 2.31. The first-order valence-corrected chi connectivity index (χ1v) is 5.78. The summed E-state index contributed by atoms with van der Waals surface area (Å²) in [7, 11) is 0. The van der Waals surface area contributed by atoms with E-state index < -0.39 is 0 Å². The molecular formula is C11H17ClN4O. The zero-order chi connectivity index (χ0) is 11.3. The van der Waals surface area contributed by atoms with Crippen LogP contribution in [0.15, 0.2) is 0 Å². The lowest BCUT2D eigenvalue weighted by atomic mass is 10.0. The quantitative estimate of drug-likeness (QED) is 0.716. The molecule has 0 radical (unpaired) electrons. The summed E-state index contributed by atoms with van der Waals surface area (Å²) >= 11 is 0. The summed E-state index contributed by atoms with van der Waals surface area (Å²) in [5, 5.41) is 10.9. The van der Waals surface area contributed by atoms with E-state index in [2.05, 4.69) is 29.6 Å². The Labute approximate surface area is 106 Å². The number of hydrogen-bond acceptors (Lipinski definition) is 3. The fourth-order valence-corrected chi connectivity index (χ4v) is 2.47. The third-order valence-corrected chi connectivity index (χ3v) is 3.41. The van der Waals surface area contributed by atoms with Gasteiger partial charge in [-0.3, -0.25) is 9.48 Å². The zero-order valence-corrected chi connectivity index (χ0v) is 10.8. The third-order valence-electron chi connectivity index (χ3n) is 3.41. The minimum absolute atomic E-state index is 0. The lowest BCUT2D eigenvalue weighted by Crippen LogP contribution is -2.39. The molecule has 5 nitrogen and oxygen atoms in total. The highest BCUT2D eigenvalue weighted by atomic mass is 35.5. The molecule has 2 atom stereocenters. The number of hydrogen-bond donors (Lipinski definition) is 2. The van der Waals surface area contributed by atoms with Gasteiger partial charge in [0.15, 0.2) is 0 Å². The molecule has 0 aromatic carbocycles. The molecule has 1 aromatic heterocycles. The van der Waals surface area contributed by atoms with Crippen LogP contribution in [0.4, 0.5) is 0 Å². The smallest absolute Gasteiger partial charge is 0.269 e. The van der Waals surface area contributed by atoms with Crippen LogP contribution in [0.5, 0.6) is 0 Å². The van der Waals surface area contributed by atoms with E-state index in [9.17, 15) is 4.79 Å². The Balaban J connectivity index is 0.00000108. The predicted molar refractivity (Wildman–Crippen MR) is 66.5 cm³/mol. The number of aromatic nitrogens is 2. The summed E-state index contributed by atoms with van der Waals surface area (Å²) in [6.45, 7) is 5.66. The molecule has 2 aliphatic rings. The number of carbonyl (C=O) groups is 1. The Bertz CT molecular complexity index is 457. The summed E-state index contributed by atoms with van der Waals surface area (Å²) in [6.07, 6.45) is 0.912. The van der Waals surface area contributed by atoms with Crippen LogP contribution >= 0.6 is 12.4 Å². The Morgan fingerprint density at radius 2 is 2.18 bits per heavy atom. The number of rotatable bonds is 0. The van der Waals surface area contributed by atoms with E-state index in [0.29, 0.717) is 12.6 Å². The summed E-state index contributed by atoms with van der Waals surface area (Å²) in [4.78, 5) is 11.8. The first kappa shape index (κ1) is 12.4. The van der Waals surface area contributed by atoms with E-state index in [4.69, 9.17) is 0 Å². The molecule has 1 amide bonds. The lowest BCUT2D eigenvalue weighted by molar-refractivity contribution is 0.0911. The molecule has 0 unspecified atom stereocenters. The average molecular weight is 257 g/mol. The molecule has 3 heterocycles. The minimum Gasteiger partial charge on any atom is -0.349 e. The monoisotopic (exact) mass is 256 g/mol. The van der Waals surface area contributed by atoms with Gasteiger partial charge in [0, 0.05) is 31.1 Å². The molecule has 0 aliphatic carbocycles. The Morgan fingerprint density at radius 1 is 1.41 bits per heavy atom. The highest BCUT2D eigenvalue weighted by molar-refractivity contribution is 5.95. The van der Waals surface area contributed by atoms with Gasteiger partial charge < -0.3 is 10.6 Å². The van der Waals surface area contributed by atoms with E-state index in [0.717, 1.165) is 29.9 Å². The molecule has 6 heteroatoms. The second kappa shape index (κ2) is 4.31. The fraction of sp³-hybridized carbons (Fsp3) is 0.636. The van der Waals surface area contributed by atoms with Crippen LogP contribution in [0.25, 0.3) is 0 Å². The molecular weight excluding hydrogens is 240 g/mol. The first-order valence-electron chi connectivity index (χ1n) is 5.78. The van der Waals surface area contributed by atoms with Crippen molar-refractivity contribution in [2.45, 2.75) is 38.9 Å². The van der Waals surface area contributed by atoms with E-state index >= 15 is 0 Å². The zero-order valence-electron chi connectivity index (χ0n) is 9.99. The van der Waals surface area contributed by atoms with Gasteiger partial charge >= 0.3 is 0 Å². The van der Waals surface area contributed by atoms with Crippen molar-refractivity contribution in [1.29, 1.82) is 0 Å². The largest absolute Gasteiger partial charge is 0.349 e. The molecule has 3 rings (SSSR count). The molecule has 0 saturated heterocycles. The Morgan fingerprint density at radius 3 is 2.94 bits per heavy atom. The third kappa shape index (κ3) is 1.83. The van der Waals surface area contributed by atoms with Crippen LogP contribution in [0.3, 0.4) is 0 Å². The summed E-state index contributed by atoms with van der Waals surface area (Å²) in [6, 6.07) is 0.705. The van der Waals surface area contributed by atoms with Gasteiger partial charge in [0.05, 0.1) is 11.7 Å². The van der Waals surface area contributed by atoms with Gasteiger partial charge in [0.2, 0.25) is 0 Å².